The number of rotatable bonds is 3. The van der Waals surface area contributed by atoms with Crippen molar-refractivity contribution in [3.8, 4) is 0 Å². The van der Waals surface area contributed by atoms with Crippen LogP contribution in [0.15, 0.2) is 0 Å². The first-order valence-corrected chi connectivity index (χ1v) is 8.90. The van der Waals surface area contributed by atoms with Crippen LogP contribution in [-0.2, 0) is 4.79 Å². The van der Waals surface area contributed by atoms with Crippen LogP contribution in [-0.4, -0.2) is 45.2 Å². The monoisotopic (exact) mass is 314 g/mol. The van der Waals surface area contributed by atoms with E-state index in [1.165, 1.54) is 23.1 Å². The van der Waals surface area contributed by atoms with E-state index in [0.29, 0.717) is 17.6 Å². The fourth-order valence-electron chi connectivity index (χ4n) is 3.51. The van der Waals surface area contributed by atoms with Gasteiger partial charge in [-0.25, -0.2) is 9.59 Å². The lowest BCUT2D eigenvalue weighted by atomic mass is 9.78. The molecule has 4 unspecified atom stereocenters. The van der Waals surface area contributed by atoms with E-state index in [1.54, 1.807) is 0 Å². The quantitative estimate of drug-likeness (QED) is 0.840. The maximum atomic E-state index is 12.5. The molecule has 1 aliphatic heterocycles. The summed E-state index contributed by atoms with van der Waals surface area (Å²) in [7, 11) is 0. The molecule has 2 rings (SSSR count). The molecule has 5 nitrogen and oxygen atoms in total. The molecule has 0 radical (unpaired) electrons. The highest BCUT2D eigenvalue weighted by atomic mass is 32.2. The molecule has 2 aliphatic rings. The molecule has 0 bridgehead atoms. The lowest BCUT2D eigenvalue weighted by Crippen LogP contribution is -2.54. The summed E-state index contributed by atoms with van der Waals surface area (Å²) in [6, 6.07) is -0.734. The first kappa shape index (κ1) is 16.5. The van der Waals surface area contributed by atoms with Crippen molar-refractivity contribution in [2.24, 2.45) is 11.8 Å². The summed E-state index contributed by atoms with van der Waals surface area (Å²) in [5, 5.41) is 12.3. The van der Waals surface area contributed by atoms with Gasteiger partial charge in [0.25, 0.3) is 0 Å². The van der Waals surface area contributed by atoms with E-state index in [9.17, 15) is 14.7 Å². The molecule has 0 aromatic heterocycles. The molecule has 1 saturated heterocycles. The molecule has 1 heterocycles. The van der Waals surface area contributed by atoms with Gasteiger partial charge >= 0.3 is 12.0 Å². The Hall–Kier alpha value is -0.910. The number of thioether (sulfide) groups is 1. The number of carbonyl (C=O) groups is 2. The highest BCUT2D eigenvalue weighted by Crippen LogP contribution is 2.32. The van der Waals surface area contributed by atoms with Gasteiger partial charge in [-0.05, 0) is 31.6 Å². The zero-order valence-corrected chi connectivity index (χ0v) is 13.9. The van der Waals surface area contributed by atoms with Crippen LogP contribution in [0.25, 0.3) is 0 Å². The minimum absolute atomic E-state index is 0.0767. The van der Waals surface area contributed by atoms with Crippen LogP contribution in [0.2, 0.25) is 0 Å². The highest BCUT2D eigenvalue weighted by molar-refractivity contribution is 8.00. The van der Waals surface area contributed by atoms with Crippen LogP contribution in [0.1, 0.15) is 46.5 Å². The molecule has 1 saturated carbocycles. The molecule has 2 N–H and O–H groups in total. The van der Waals surface area contributed by atoms with E-state index in [4.69, 9.17) is 0 Å². The van der Waals surface area contributed by atoms with Crippen LogP contribution >= 0.6 is 11.8 Å². The molecule has 4 atom stereocenters. The second-order valence-electron chi connectivity index (χ2n) is 6.44. The maximum Gasteiger partial charge on any atom is 0.327 e. The van der Waals surface area contributed by atoms with Crippen molar-refractivity contribution in [2.75, 3.05) is 5.75 Å². The average molecular weight is 314 g/mol. The number of aliphatic carboxylic acids is 1. The Kier molecular flexibility index (Phi) is 5.41. The number of hydrogen-bond acceptors (Lipinski definition) is 3. The van der Waals surface area contributed by atoms with Crippen molar-refractivity contribution >= 4 is 23.8 Å². The first-order valence-electron chi connectivity index (χ1n) is 7.85. The fourth-order valence-corrected chi connectivity index (χ4v) is 4.68. The highest BCUT2D eigenvalue weighted by Gasteiger charge is 2.41. The summed E-state index contributed by atoms with van der Waals surface area (Å²) in [6.45, 7) is 6.29. The van der Waals surface area contributed by atoms with Gasteiger partial charge in [0.2, 0.25) is 0 Å². The summed E-state index contributed by atoms with van der Waals surface area (Å²) >= 11 is 1.52. The minimum Gasteiger partial charge on any atom is -0.480 e. The molecule has 2 fully saturated rings. The van der Waals surface area contributed by atoms with Crippen LogP contribution < -0.4 is 5.32 Å². The fraction of sp³-hybridized carbons (Fsp3) is 0.867. The van der Waals surface area contributed by atoms with Gasteiger partial charge < -0.3 is 10.4 Å². The van der Waals surface area contributed by atoms with Crippen molar-refractivity contribution in [3.63, 3.8) is 0 Å². The van der Waals surface area contributed by atoms with Gasteiger partial charge in [-0.15, -0.1) is 11.8 Å². The zero-order valence-electron chi connectivity index (χ0n) is 13.0. The third-order valence-corrected chi connectivity index (χ3v) is 5.94. The number of urea groups is 1. The molecule has 0 aromatic carbocycles. The van der Waals surface area contributed by atoms with Crippen molar-refractivity contribution in [2.45, 2.75) is 63.9 Å². The predicted molar refractivity (Wildman–Crippen MR) is 84.3 cm³/mol. The molecule has 1 aliphatic carbocycles. The first-order chi connectivity index (χ1) is 9.91. The Morgan fingerprint density at radius 1 is 1.29 bits per heavy atom. The maximum absolute atomic E-state index is 12.5. The SMILES string of the molecule is CC(C)C1CCCCC1NC(=O)N1C(C)SCC1C(=O)O. The van der Waals surface area contributed by atoms with Gasteiger partial charge in [0.1, 0.15) is 6.04 Å². The summed E-state index contributed by atoms with van der Waals surface area (Å²) < 4.78 is 0. The number of carboxylic acid groups (broad SMARTS) is 1. The smallest absolute Gasteiger partial charge is 0.327 e. The molecule has 2 amide bonds. The lowest BCUT2D eigenvalue weighted by Gasteiger charge is -2.36. The van der Waals surface area contributed by atoms with Crippen molar-refractivity contribution in [1.82, 2.24) is 10.2 Å². The number of carbonyl (C=O) groups excluding carboxylic acids is 1. The second kappa shape index (κ2) is 6.90. The van der Waals surface area contributed by atoms with Gasteiger partial charge in [0.15, 0.2) is 0 Å². The third kappa shape index (κ3) is 3.65. The molecule has 120 valence electrons. The summed E-state index contributed by atoms with van der Waals surface area (Å²) in [6.07, 6.45) is 4.51. The molecule has 0 aromatic rings. The van der Waals surface area contributed by atoms with Crippen molar-refractivity contribution in [3.05, 3.63) is 0 Å². The van der Waals surface area contributed by atoms with Crippen LogP contribution in [0, 0.1) is 11.8 Å². The van der Waals surface area contributed by atoms with Gasteiger partial charge in [-0.3, -0.25) is 4.90 Å². The number of nitrogens with one attached hydrogen (secondary N) is 1. The van der Waals surface area contributed by atoms with Crippen molar-refractivity contribution < 1.29 is 14.7 Å². The van der Waals surface area contributed by atoms with E-state index in [0.717, 1.165) is 19.3 Å². The summed E-state index contributed by atoms with van der Waals surface area (Å²) in [4.78, 5) is 25.3. The molecule has 6 heteroatoms. The summed E-state index contributed by atoms with van der Waals surface area (Å²) in [5.41, 5.74) is 0. The Bertz CT molecular complexity index is 402. The predicted octanol–water partition coefficient (Wildman–Crippen LogP) is 2.76. The molecule has 0 spiro atoms. The van der Waals surface area contributed by atoms with Gasteiger partial charge in [0, 0.05) is 11.8 Å². The topological polar surface area (TPSA) is 69.6 Å². The second-order valence-corrected chi connectivity index (χ2v) is 7.79. The third-order valence-electron chi connectivity index (χ3n) is 4.73. The van der Waals surface area contributed by atoms with Crippen LogP contribution in [0.4, 0.5) is 4.79 Å². The largest absolute Gasteiger partial charge is 0.480 e. The van der Waals surface area contributed by atoms with E-state index < -0.39 is 12.0 Å². The molecular formula is C15H26N2O3S. The molecule has 21 heavy (non-hydrogen) atoms. The number of amides is 2. The Balaban J connectivity index is 2.03. The Labute approximate surface area is 130 Å². The van der Waals surface area contributed by atoms with Gasteiger partial charge in [0.05, 0.1) is 5.37 Å². The van der Waals surface area contributed by atoms with Gasteiger partial charge in [-0.1, -0.05) is 26.7 Å². The average Bonchev–Trinajstić information content (AvgIpc) is 2.81. The Morgan fingerprint density at radius 2 is 1.95 bits per heavy atom. The van der Waals surface area contributed by atoms with E-state index in [1.807, 2.05) is 6.92 Å². The minimum atomic E-state index is -0.911. The Morgan fingerprint density at radius 3 is 2.57 bits per heavy atom. The van der Waals surface area contributed by atoms with Crippen LogP contribution in [0.5, 0.6) is 0 Å². The standard InChI is InChI=1S/C15H26N2O3S/c1-9(2)11-6-4-5-7-12(11)16-15(20)17-10(3)21-8-13(17)14(18)19/h9-13H,4-8H2,1-3H3,(H,16,20)(H,18,19). The van der Waals surface area contributed by atoms with E-state index in [-0.39, 0.29) is 17.4 Å². The zero-order chi connectivity index (χ0) is 15.6. The van der Waals surface area contributed by atoms with Gasteiger partial charge in [-0.2, -0.15) is 0 Å². The number of hydrogen-bond donors (Lipinski definition) is 2. The van der Waals surface area contributed by atoms with Crippen molar-refractivity contribution in [1.29, 1.82) is 0 Å². The lowest BCUT2D eigenvalue weighted by molar-refractivity contribution is -0.141. The van der Waals surface area contributed by atoms with E-state index >= 15 is 0 Å². The molecular weight excluding hydrogens is 288 g/mol. The van der Waals surface area contributed by atoms with E-state index in [2.05, 4.69) is 19.2 Å². The number of nitrogens with zero attached hydrogens (tertiary/aromatic N) is 1. The van der Waals surface area contributed by atoms with Crippen LogP contribution in [0.3, 0.4) is 0 Å². The number of carboxylic acids is 1. The summed E-state index contributed by atoms with van der Waals surface area (Å²) in [5.74, 6) is 0.598. The normalized spacial score (nSPS) is 33.2.